The number of amides is 1. The molecule has 0 unspecified atom stereocenters. The standard InChI is InChI=1S/C15H17FN2OS2/c1-3-18(8-12-5-4-6-13(16)7-12)14(19)10-21-15-17-11(2)9-20-15/h4-7,9H,3,8,10H2,1-2H3. The highest BCUT2D eigenvalue weighted by Crippen LogP contribution is 2.22. The molecule has 1 aromatic carbocycles. The van der Waals surface area contributed by atoms with Crippen molar-refractivity contribution in [2.45, 2.75) is 24.7 Å². The average Bonchev–Trinajstić information content (AvgIpc) is 2.88. The number of thiazole rings is 1. The van der Waals surface area contributed by atoms with Gasteiger partial charge in [-0.1, -0.05) is 23.9 Å². The third kappa shape index (κ3) is 4.82. The Hall–Kier alpha value is -1.40. The summed E-state index contributed by atoms with van der Waals surface area (Å²) in [7, 11) is 0. The highest BCUT2D eigenvalue weighted by molar-refractivity contribution is 8.01. The maximum Gasteiger partial charge on any atom is 0.233 e. The Kier molecular flexibility index (Phi) is 5.76. The maximum atomic E-state index is 13.2. The smallest absolute Gasteiger partial charge is 0.233 e. The number of halogens is 1. The molecule has 0 radical (unpaired) electrons. The SMILES string of the molecule is CCN(Cc1cccc(F)c1)C(=O)CSc1nc(C)cs1. The van der Waals surface area contributed by atoms with Crippen molar-refractivity contribution in [1.82, 2.24) is 9.88 Å². The number of hydrogen-bond donors (Lipinski definition) is 0. The van der Waals surface area contributed by atoms with E-state index in [1.807, 2.05) is 25.3 Å². The third-order valence-corrected chi connectivity index (χ3v) is 5.04. The summed E-state index contributed by atoms with van der Waals surface area (Å²) in [4.78, 5) is 18.3. The molecule has 0 atom stereocenters. The molecule has 1 aromatic heterocycles. The molecule has 0 aliphatic carbocycles. The predicted octanol–water partition coefficient (Wildman–Crippen LogP) is 3.73. The summed E-state index contributed by atoms with van der Waals surface area (Å²) >= 11 is 3.00. The number of benzene rings is 1. The van der Waals surface area contributed by atoms with Crippen molar-refractivity contribution >= 4 is 29.0 Å². The second-order valence-corrected chi connectivity index (χ2v) is 6.66. The minimum atomic E-state index is -0.274. The van der Waals surface area contributed by atoms with Crippen molar-refractivity contribution in [3.8, 4) is 0 Å². The molecule has 0 bridgehead atoms. The molecule has 0 spiro atoms. The van der Waals surface area contributed by atoms with Crippen LogP contribution in [0.3, 0.4) is 0 Å². The molecule has 1 amide bonds. The van der Waals surface area contributed by atoms with Gasteiger partial charge < -0.3 is 4.90 Å². The molecule has 112 valence electrons. The van der Waals surface area contributed by atoms with E-state index in [2.05, 4.69) is 4.98 Å². The highest BCUT2D eigenvalue weighted by atomic mass is 32.2. The lowest BCUT2D eigenvalue weighted by molar-refractivity contribution is -0.128. The lowest BCUT2D eigenvalue weighted by Crippen LogP contribution is -2.31. The zero-order valence-corrected chi connectivity index (χ0v) is 13.6. The normalized spacial score (nSPS) is 10.6. The van der Waals surface area contributed by atoms with Crippen molar-refractivity contribution in [2.75, 3.05) is 12.3 Å². The Morgan fingerprint density at radius 2 is 2.29 bits per heavy atom. The van der Waals surface area contributed by atoms with Crippen LogP contribution in [0.2, 0.25) is 0 Å². The molecule has 1 heterocycles. The Bertz CT molecular complexity index is 615. The Morgan fingerprint density at radius 1 is 1.48 bits per heavy atom. The van der Waals surface area contributed by atoms with E-state index in [1.165, 1.54) is 23.9 Å². The molecule has 21 heavy (non-hydrogen) atoms. The molecule has 3 nitrogen and oxygen atoms in total. The summed E-state index contributed by atoms with van der Waals surface area (Å²) in [5.41, 5.74) is 1.78. The van der Waals surface area contributed by atoms with Gasteiger partial charge in [0.25, 0.3) is 0 Å². The van der Waals surface area contributed by atoms with Gasteiger partial charge in [-0.2, -0.15) is 0 Å². The first kappa shape index (κ1) is 16.0. The number of carbonyl (C=O) groups is 1. The average molecular weight is 324 g/mol. The van der Waals surface area contributed by atoms with E-state index in [-0.39, 0.29) is 11.7 Å². The summed E-state index contributed by atoms with van der Waals surface area (Å²) in [5.74, 6) is 0.124. The summed E-state index contributed by atoms with van der Waals surface area (Å²) in [5, 5.41) is 1.97. The minimum Gasteiger partial charge on any atom is -0.338 e. The van der Waals surface area contributed by atoms with E-state index in [1.54, 1.807) is 22.3 Å². The molecule has 2 aromatic rings. The van der Waals surface area contributed by atoms with Crippen molar-refractivity contribution in [3.05, 3.63) is 46.7 Å². The number of aromatic nitrogens is 1. The lowest BCUT2D eigenvalue weighted by atomic mass is 10.2. The first-order chi connectivity index (χ1) is 10.1. The van der Waals surface area contributed by atoms with Crippen LogP contribution in [0.25, 0.3) is 0 Å². The molecule has 0 aliphatic rings. The van der Waals surface area contributed by atoms with E-state index < -0.39 is 0 Å². The van der Waals surface area contributed by atoms with Gasteiger partial charge in [-0.05, 0) is 31.5 Å². The molecule has 6 heteroatoms. The van der Waals surface area contributed by atoms with Gasteiger partial charge in [-0.3, -0.25) is 4.79 Å². The van der Waals surface area contributed by atoms with Gasteiger partial charge in [0, 0.05) is 24.2 Å². The van der Waals surface area contributed by atoms with Crippen molar-refractivity contribution in [2.24, 2.45) is 0 Å². The summed E-state index contributed by atoms with van der Waals surface area (Å²) < 4.78 is 14.1. The molecular formula is C15H17FN2OS2. The van der Waals surface area contributed by atoms with Crippen LogP contribution in [0.1, 0.15) is 18.2 Å². The van der Waals surface area contributed by atoms with Crippen LogP contribution in [0.4, 0.5) is 4.39 Å². The fourth-order valence-electron chi connectivity index (χ4n) is 1.85. The van der Waals surface area contributed by atoms with E-state index in [0.29, 0.717) is 18.8 Å². The topological polar surface area (TPSA) is 33.2 Å². The number of hydrogen-bond acceptors (Lipinski definition) is 4. The zero-order valence-electron chi connectivity index (χ0n) is 12.0. The van der Waals surface area contributed by atoms with Crippen LogP contribution >= 0.6 is 23.1 Å². The largest absolute Gasteiger partial charge is 0.338 e. The van der Waals surface area contributed by atoms with Crippen LogP contribution in [-0.4, -0.2) is 28.1 Å². The second-order valence-electron chi connectivity index (χ2n) is 4.58. The summed E-state index contributed by atoms with van der Waals surface area (Å²) in [6.07, 6.45) is 0. The van der Waals surface area contributed by atoms with Gasteiger partial charge in [0.15, 0.2) is 4.34 Å². The Labute approximate surface area is 132 Å². The van der Waals surface area contributed by atoms with Crippen molar-refractivity contribution in [3.63, 3.8) is 0 Å². The fourth-order valence-corrected chi connectivity index (χ4v) is 3.60. The number of rotatable bonds is 6. The van der Waals surface area contributed by atoms with Crippen LogP contribution < -0.4 is 0 Å². The number of thioether (sulfide) groups is 1. The van der Waals surface area contributed by atoms with Gasteiger partial charge in [0.2, 0.25) is 5.91 Å². The molecule has 0 N–H and O–H groups in total. The molecule has 0 aliphatic heterocycles. The second kappa shape index (κ2) is 7.56. The van der Waals surface area contributed by atoms with E-state index in [0.717, 1.165) is 15.6 Å². The van der Waals surface area contributed by atoms with Crippen LogP contribution in [0.15, 0.2) is 34.0 Å². The summed E-state index contributed by atoms with van der Waals surface area (Å²) in [6.45, 7) is 4.90. The monoisotopic (exact) mass is 324 g/mol. The van der Waals surface area contributed by atoms with E-state index in [4.69, 9.17) is 0 Å². The minimum absolute atomic E-state index is 0.0413. The van der Waals surface area contributed by atoms with Crippen LogP contribution in [0, 0.1) is 12.7 Å². The molecule has 0 fully saturated rings. The Balaban J connectivity index is 1.92. The van der Waals surface area contributed by atoms with Crippen molar-refractivity contribution < 1.29 is 9.18 Å². The van der Waals surface area contributed by atoms with E-state index >= 15 is 0 Å². The Morgan fingerprint density at radius 3 is 2.90 bits per heavy atom. The first-order valence-corrected chi connectivity index (χ1v) is 8.52. The molecule has 0 saturated carbocycles. The van der Waals surface area contributed by atoms with Gasteiger partial charge in [-0.15, -0.1) is 11.3 Å². The van der Waals surface area contributed by atoms with E-state index in [9.17, 15) is 9.18 Å². The highest BCUT2D eigenvalue weighted by Gasteiger charge is 2.13. The fraction of sp³-hybridized carbons (Fsp3) is 0.333. The van der Waals surface area contributed by atoms with Crippen molar-refractivity contribution in [1.29, 1.82) is 0 Å². The van der Waals surface area contributed by atoms with Crippen LogP contribution in [-0.2, 0) is 11.3 Å². The van der Waals surface area contributed by atoms with Gasteiger partial charge in [0.05, 0.1) is 5.75 Å². The third-order valence-electron chi connectivity index (χ3n) is 2.91. The molecule has 2 rings (SSSR count). The zero-order chi connectivity index (χ0) is 15.2. The molecule has 0 saturated heterocycles. The summed E-state index contributed by atoms with van der Waals surface area (Å²) in [6, 6.07) is 6.36. The van der Waals surface area contributed by atoms with Gasteiger partial charge in [0.1, 0.15) is 5.82 Å². The number of carbonyl (C=O) groups excluding carboxylic acids is 1. The van der Waals surface area contributed by atoms with Gasteiger partial charge >= 0.3 is 0 Å². The number of nitrogens with zero attached hydrogens (tertiary/aromatic N) is 2. The van der Waals surface area contributed by atoms with Gasteiger partial charge in [-0.25, -0.2) is 9.37 Å². The maximum absolute atomic E-state index is 13.2. The first-order valence-electron chi connectivity index (χ1n) is 6.65. The quantitative estimate of drug-likeness (QED) is 0.759. The predicted molar refractivity (Wildman–Crippen MR) is 85.1 cm³/mol. The lowest BCUT2D eigenvalue weighted by Gasteiger charge is -2.20. The number of aryl methyl sites for hydroxylation is 1. The molecular weight excluding hydrogens is 307 g/mol. The van der Waals surface area contributed by atoms with Crippen LogP contribution in [0.5, 0.6) is 0 Å².